The first-order valence-corrected chi connectivity index (χ1v) is 13.4. The zero-order valence-corrected chi connectivity index (χ0v) is 21.5. The SMILES string of the molecule is Cc1ccc2c(c1)c1c(n2CCc2ccccn2)CCN(CCc2c(C)nc3n(c2=O)CCCC3)C1. The number of rotatable bonds is 6. The maximum Gasteiger partial charge on any atom is 0.256 e. The van der Waals surface area contributed by atoms with Gasteiger partial charge in [-0.3, -0.25) is 19.2 Å². The molecule has 0 spiro atoms. The van der Waals surface area contributed by atoms with Crippen LogP contribution in [0.25, 0.3) is 10.9 Å². The summed E-state index contributed by atoms with van der Waals surface area (Å²) in [4.78, 5) is 25.1. The molecular weight excluding hydrogens is 446 g/mol. The molecule has 1 aromatic carbocycles. The number of fused-ring (bicyclic) bond motifs is 4. The van der Waals surface area contributed by atoms with Gasteiger partial charge in [-0.15, -0.1) is 0 Å². The van der Waals surface area contributed by atoms with Gasteiger partial charge in [0, 0.05) is 91.7 Å². The topological polar surface area (TPSA) is 56.0 Å². The Balaban J connectivity index is 1.24. The maximum absolute atomic E-state index is 13.2. The Bertz CT molecular complexity index is 1470. The molecule has 2 aliphatic heterocycles. The fourth-order valence-corrected chi connectivity index (χ4v) is 6.13. The van der Waals surface area contributed by atoms with E-state index in [0.717, 1.165) is 94.0 Å². The van der Waals surface area contributed by atoms with Gasteiger partial charge >= 0.3 is 0 Å². The molecule has 6 heteroatoms. The van der Waals surface area contributed by atoms with Crippen molar-refractivity contribution in [3.8, 4) is 0 Å². The second-order valence-electron chi connectivity index (χ2n) is 10.5. The van der Waals surface area contributed by atoms with Crippen LogP contribution in [0.3, 0.4) is 0 Å². The van der Waals surface area contributed by atoms with E-state index < -0.39 is 0 Å². The predicted octanol–water partition coefficient (Wildman–Crippen LogP) is 4.39. The minimum absolute atomic E-state index is 0.191. The van der Waals surface area contributed by atoms with E-state index in [9.17, 15) is 4.79 Å². The molecule has 3 aromatic heterocycles. The molecule has 36 heavy (non-hydrogen) atoms. The molecule has 0 fully saturated rings. The van der Waals surface area contributed by atoms with Crippen molar-refractivity contribution in [1.82, 2.24) is 24.0 Å². The summed E-state index contributed by atoms with van der Waals surface area (Å²) < 4.78 is 4.46. The van der Waals surface area contributed by atoms with E-state index in [0.29, 0.717) is 0 Å². The lowest BCUT2D eigenvalue weighted by Crippen LogP contribution is -2.36. The number of pyridine rings is 1. The summed E-state index contributed by atoms with van der Waals surface area (Å²) in [5, 5.41) is 1.38. The van der Waals surface area contributed by atoms with Gasteiger partial charge in [-0.05, 0) is 62.9 Å². The van der Waals surface area contributed by atoms with Gasteiger partial charge < -0.3 is 4.57 Å². The van der Waals surface area contributed by atoms with E-state index in [1.807, 2.05) is 23.8 Å². The lowest BCUT2D eigenvalue weighted by Gasteiger charge is -2.28. The first-order chi connectivity index (χ1) is 17.6. The van der Waals surface area contributed by atoms with Crippen LogP contribution in [0, 0.1) is 13.8 Å². The van der Waals surface area contributed by atoms with E-state index in [1.165, 1.54) is 27.7 Å². The van der Waals surface area contributed by atoms with Gasteiger partial charge in [0.1, 0.15) is 5.82 Å². The van der Waals surface area contributed by atoms with Gasteiger partial charge in [-0.2, -0.15) is 0 Å². The van der Waals surface area contributed by atoms with E-state index in [-0.39, 0.29) is 5.56 Å². The molecule has 0 N–H and O–H groups in total. The second-order valence-corrected chi connectivity index (χ2v) is 10.5. The summed E-state index contributed by atoms with van der Waals surface area (Å²) in [5.74, 6) is 0.976. The highest BCUT2D eigenvalue weighted by atomic mass is 16.1. The van der Waals surface area contributed by atoms with E-state index in [1.54, 1.807) is 0 Å². The van der Waals surface area contributed by atoms with Gasteiger partial charge in [-0.1, -0.05) is 17.7 Å². The molecule has 4 aromatic rings. The van der Waals surface area contributed by atoms with Crippen LogP contribution < -0.4 is 5.56 Å². The summed E-state index contributed by atoms with van der Waals surface area (Å²) in [7, 11) is 0. The van der Waals surface area contributed by atoms with Gasteiger partial charge in [0.15, 0.2) is 0 Å². The van der Waals surface area contributed by atoms with Crippen LogP contribution in [0.1, 0.15) is 52.4 Å². The molecule has 6 nitrogen and oxygen atoms in total. The van der Waals surface area contributed by atoms with Crippen LogP contribution in [0.5, 0.6) is 0 Å². The molecule has 5 heterocycles. The van der Waals surface area contributed by atoms with Gasteiger partial charge in [0.05, 0.1) is 0 Å². The fourth-order valence-electron chi connectivity index (χ4n) is 6.13. The van der Waals surface area contributed by atoms with E-state index >= 15 is 0 Å². The molecule has 0 aliphatic carbocycles. The van der Waals surface area contributed by atoms with Crippen LogP contribution >= 0.6 is 0 Å². The maximum atomic E-state index is 13.2. The number of hydrogen-bond acceptors (Lipinski definition) is 4. The molecule has 186 valence electrons. The van der Waals surface area contributed by atoms with Gasteiger partial charge in [0.25, 0.3) is 5.56 Å². The number of aromatic nitrogens is 4. The lowest BCUT2D eigenvalue weighted by molar-refractivity contribution is 0.254. The van der Waals surface area contributed by atoms with E-state index in [2.05, 4.69) is 51.7 Å². The third-order valence-electron chi connectivity index (χ3n) is 8.06. The van der Waals surface area contributed by atoms with Crippen molar-refractivity contribution < 1.29 is 0 Å². The third kappa shape index (κ3) is 4.28. The highest BCUT2D eigenvalue weighted by Gasteiger charge is 2.25. The summed E-state index contributed by atoms with van der Waals surface area (Å²) >= 11 is 0. The normalized spacial score (nSPS) is 15.7. The van der Waals surface area contributed by atoms with Crippen molar-refractivity contribution in [2.75, 3.05) is 13.1 Å². The number of hydrogen-bond donors (Lipinski definition) is 0. The lowest BCUT2D eigenvalue weighted by atomic mass is 10.0. The van der Waals surface area contributed by atoms with Gasteiger partial charge in [0.2, 0.25) is 0 Å². The smallest absolute Gasteiger partial charge is 0.256 e. The van der Waals surface area contributed by atoms with E-state index in [4.69, 9.17) is 4.98 Å². The fraction of sp³-hybridized carbons (Fsp3) is 0.433. The molecule has 6 rings (SSSR count). The Morgan fingerprint density at radius 2 is 1.89 bits per heavy atom. The Kier molecular flexibility index (Phi) is 6.22. The van der Waals surface area contributed by atoms with Crippen molar-refractivity contribution in [2.45, 2.75) is 72.0 Å². The zero-order chi connectivity index (χ0) is 24.6. The average Bonchev–Trinajstić information content (AvgIpc) is 3.20. The molecule has 0 atom stereocenters. The quantitative estimate of drug-likeness (QED) is 0.410. The summed E-state index contributed by atoms with van der Waals surface area (Å²) in [5.41, 5.74) is 8.71. The summed E-state index contributed by atoms with van der Waals surface area (Å²) in [6.07, 6.45) is 7.76. The monoisotopic (exact) mass is 481 g/mol. The van der Waals surface area contributed by atoms with Crippen LogP contribution in [-0.4, -0.2) is 37.1 Å². The highest BCUT2D eigenvalue weighted by Crippen LogP contribution is 2.32. The predicted molar refractivity (Wildman–Crippen MR) is 143 cm³/mol. The molecule has 0 saturated carbocycles. The molecule has 0 radical (unpaired) electrons. The van der Waals surface area contributed by atoms with Crippen LogP contribution in [-0.2, 0) is 45.3 Å². The highest BCUT2D eigenvalue weighted by molar-refractivity contribution is 5.86. The van der Waals surface area contributed by atoms with Crippen molar-refractivity contribution in [3.05, 3.63) is 92.5 Å². The molecule has 0 unspecified atom stereocenters. The van der Waals surface area contributed by atoms with Crippen LogP contribution in [0.15, 0.2) is 47.4 Å². The first-order valence-electron chi connectivity index (χ1n) is 13.4. The summed E-state index contributed by atoms with van der Waals surface area (Å²) in [6.45, 7) is 8.80. The van der Waals surface area contributed by atoms with Crippen molar-refractivity contribution >= 4 is 10.9 Å². The van der Waals surface area contributed by atoms with Crippen molar-refractivity contribution in [2.24, 2.45) is 0 Å². The minimum atomic E-state index is 0.191. The third-order valence-corrected chi connectivity index (χ3v) is 8.06. The Labute approximate surface area is 212 Å². The number of nitrogens with zero attached hydrogens (tertiary/aromatic N) is 5. The Hall–Kier alpha value is -3.25. The Morgan fingerprint density at radius 3 is 2.75 bits per heavy atom. The Morgan fingerprint density at radius 1 is 0.972 bits per heavy atom. The average molecular weight is 482 g/mol. The molecule has 0 bridgehead atoms. The molecule has 0 saturated heterocycles. The largest absolute Gasteiger partial charge is 0.344 e. The van der Waals surface area contributed by atoms with Crippen LogP contribution in [0.4, 0.5) is 0 Å². The zero-order valence-electron chi connectivity index (χ0n) is 21.5. The number of benzene rings is 1. The first kappa shape index (κ1) is 23.2. The minimum Gasteiger partial charge on any atom is -0.344 e. The van der Waals surface area contributed by atoms with Crippen molar-refractivity contribution in [3.63, 3.8) is 0 Å². The van der Waals surface area contributed by atoms with Gasteiger partial charge in [-0.25, -0.2) is 4.98 Å². The molecular formula is C30H35N5O. The van der Waals surface area contributed by atoms with Crippen molar-refractivity contribution in [1.29, 1.82) is 0 Å². The molecule has 2 aliphatic rings. The number of aryl methyl sites for hydroxylation is 5. The molecule has 0 amide bonds. The standard InChI is InChI=1S/C30H35N5O/c1-21-9-10-27-25(19-21)26-20-33(17-13-28(26)34(27)18-11-23-7-3-5-14-31-23)16-12-24-22(2)32-29-8-4-6-15-35(29)30(24)36/h3,5,7,9-10,14,19H,4,6,8,11-13,15-18,20H2,1-2H3. The van der Waals surface area contributed by atoms with Crippen LogP contribution in [0.2, 0.25) is 0 Å². The second kappa shape index (κ2) is 9.66. The summed E-state index contributed by atoms with van der Waals surface area (Å²) in [6, 6.07) is 13.0.